The summed E-state index contributed by atoms with van der Waals surface area (Å²) in [5, 5.41) is 5.86. The highest BCUT2D eigenvalue weighted by Crippen LogP contribution is 2.23. The third-order valence-corrected chi connectivity index (χ3v) is 4.91. The number of rotatable bonds is 7. The third-order valence-electron chi connectivity index (χ3n) is 4.91. The maximum absolute atomic E-state index is 12.4. The van der Waals surface area contributed by atoms with Gasteiger partial charge < -0.3 is 10.6 Å². The zero-order valence-corrected chi connectivity index (χ0v) is 17.7. The number of aryl methyl sites for hydroxylation is 2. The second-order valence-corrected chi connectivity index (χ2v) is 8.04. The van der Waals surface area contributed by atoms with E-state index in [1.807, 2.05) is 42.5 Å². The maximum Gasteiger partial charge on any atom is 0.251 e. The van der Waals surface area contributed by atoms with E-state index in [1.165, 1.54) is 5.56 Å². The lowest BCUT2D eigenvalue weighted by atomic mass is 9.87. The summed E-state index contributed by atoms with van der Waals surface area (Å²) in [6.07, 6.45) is 1.97. The van der Waals surface area contributed by atoms with Crippen molar-refractivity contribution in [3.05, 3.63) is 64.7 Å². The van der Waals surface area contributed by atoms with Crippen LogP contribution in [0.4, 0.5) is 5.69 Å². The first-order chi connectivity index (χ1) is 13.3. The molecule has 28 heavy (non-hydrogen) atoms. The number of carbonyl (C=O) groups excluding carboxylic acids is 2. The monoisotopic (exact) mass is 380 g/mol. The number of nitrogens with one attached hydrogen (secondary N) is 2. The average Bonchev–Trinajstić information content (AvgIpc) is 2.67. The topological polar surface area (TPSA) is 58.2 Å². The molecular weight excluding hydrogens is 348 g/mol. The Hall–Kier alpha value is -2.62. The fourth-order valence-electron chi connectivity index (χ4n) is 3.12. The molecular formula is C24H32N2O2. The van der Waals surface area contributed by atoms with Gasteiger partial charge in [-0.2, -0.15) is 0 Å². The van der Waals surface area contributed by atoms with Crippen LogP contribution in [0.2, 0.25) is 0 Å². The normalized spacial score (nSPS) is 11.2. The van der Waals surface area contributed by atoms with Crippen LogP contribution in [-0.4, -0.2) is 18.4 Å². The van der Waals surface area contributed by atoms with Crippen LogP contribution >= 0.6 is 0 Å². The van der Waals surface area contributed by atoms with E-state index in [1.54, 1.807) is 0 Å². The van der Waals surface area contributed by atoms with E-state index in [0.717, 1.165) is 29.7 Å². The summed E-state index contributed by atoms with van der Waals surface area (Å²) in [4.78, 5) is 24.7. The number of anilines is 1. The summed E-state index contributed by atoms with van der Waals surface area (Å²) in [5.41, 5.74) is 5.04. The molecule has 0 spiro atoms. The fraction of sp³-hybridized carbons (Fsp3) is 0.417. The number of amides is 2. The Morgan fingerprint density at radius 1 is 0.893 bits per heavy atom. The Balaban J connectivity index is 1.90. The summed E-state index contributed by atoms with van der Waals surface area (Å²) >= 11 is 0. The predicted molar refractivity (Wildman–Crippen MR) is 116 cm³/mol. The van der Waals surface area contributed by atoms with Gasteiger partial charge in [-0.1, -0.05) is 65.0 Å². The number of para-hydroxylation sites is 1. The maximum atomic E-state index is 12.4. The van der Waals surface area contributed by atoms with E-state index in [-0.39, 0.29) is 23.7 Å². The average molecular weight is 381 g/mol. The minimum atomic E-state index is -0.156. The summed E-state index contributed by atoms with van der Waals surface area (Å²) in [6, 6.07) is 13.7. The molecule has 0 aliphatic rings. The second kappa shape index (κ2) is 9.54. The van der Waals surface area contributed by atoms with Crippen molar-refractivity contribution in [1.29, 1.82) is 0 Å². The van der Waals surface area contributed by atoms with Gasteiger partial charge in [0.1, 0.15) is 0 Å². The molecule has 150 valence electrons. The molecule has 2 aromatic carbocycles. The molecule has 2 aromatic rings. The van der Waals surface area contributed by atoms with Crippen molar-refractivity contribution in [3.63, 3.8) is 0 Å². The highest BCUT2D eigenvalue weighted by atomic mass is 16.2. The highest BCUT2D eigenvalue weighted by Gasteiger charge is 2.15. The van der Waals surface area contributed by atoms with Gasteiger partial charge in [0.05, 0.1) is 0 Å². The quantitative estimate of drug-likeness (QED) is 0.720. The molecule has 0 saturated heterocycles. The van der Waals surface area contributed by atoms with Crippen molar-refractivity contribution < 1.29 is 9.59 Å². The van der Waals surface area contributed by atoms with E-state index in [2.05, 4.69) is 45.3 Å². The molecule has 0 aromatic heterocycles. The second-order valence-electron chi connectivity index (χ2n) is 8.04. The predicted octanol–water partition coefficient (Wildman–Crippen LogP) is 4.87. The number of carbonyl (C=O) groups is 2. The van der Waals surface area contributed by atoms with E-state index < -0.39 is 0 Å². The smallest absolute Gasteiger partial charge is 0.251 e. The van der Waals surface area contributed by atoms with Crippen LogP contribution in [0.5, 0.6) is 0 Å². The molecule has 0 heterocycles. The molecule has 0 fully saturated rings. The third kappa shape index (κ3) is 5.69. The fourth-order valence-corrected chi connectivity index (χ4v) is 3.12. The van der Waals surface area contributed by atoms with E-state index in [9.17, 15) is 9.59 Å². The first-order valence-corrected chi connectivity index (χ1v) is 10.1. The van der Waals surface area contributed by atoms with Gasteiger partial charge in [-0.15, -0.1) is 0 Å². The van der Waals surface area contributed by atoms with E-state index in [0.29, 0.717) is 12.1 Å². The Morgan fingerprint density at radius 2 is 1.46 bits per heavy atom. The molecule has 0 aliphatic heterocycles. The Morgan fingerprint density at radius 3 is 1.96 bits per heavy atom. The van der Waals surface area contributed by atoms with Gasteiger partial charge in [0.15, 0.2) is 0 Å². The van der Waals surface area contributed by atoms with Crippen molar-refractivity contribution in [1.82, 2.24) is 5.32 Å². The molecule has 2 N–H and O–H groups in total. The molecule has 0 atom stereocenters. The van der Waals surface area contributed by atoms with Crippen molar-refractivity contribution in [2.45, 2.75) is 59.3 Å². The minimum Gasteiger partial charge on any atom is -0.352 e. The van der Waals surface area contributed by atoms with Crippen LogP contribution in [0.25, 0.3) is 0 Å². The molecule has 0 bridgehead atoms. The van der Waals surface area contributed by atoms with Crippen molar-refractivity contribution in [3.8, 4) is 0 Å². The Bertz CT molecular complexity index is 795. The Labute approximate surface area is 168 Å². The molecule has 2 rings (SSSR count). The van der Waals surface area contributed by atoms with Crippen molar-refractivity contribution in [2.24, 2.45) is 0 Å². The van der Waals surface area contributed by atoms with Gasteiger partial charge in [-0.3, -0.25) is 9.59 Å². The van der Waals surface area contributed by atoms with Crippen LogP contribution in [0.3, 0.4) is 0 Å². The van der Waals surface area contributed by atoms with Crippen LogP contribution in [-0.2, 0) is 23.1 Å². The number of hydrogen-bond donors (Lipinski definition) is 2. The molecule has 0 saturated carbocycles. The van der Waals surface area contributed by atoms with Gasteiger partial charge in [-0.05, 0) is 47.1 Å². The minimum absolute atomic E-state index is 0.0548. The number of hydrogen-bond acceptors (Lipinski definition) is 2. The summed E-state index contributed by atoms with van der Waals surface area (Å²) in [6.45, 7) is 10.9. The van der Waals surface area contributed by atoms with Crippen molar-refractivity contribution >= 4 is 17.5 Å². The first kappa shape index (κ1) is 21.7. The summed E-state index contributed by atoms with van der Waals surface area (Å²) in [7, 11) is 0. The van der Waals surface area contributed by atoms with Gasteiger partial charge in [0.2, 0.25) is 5.91 Å². The van der Waals surface area contributed by atoms with Crippen LogP contribution in [0.1, 0.15) is 68.1 Å². The number of benzene rings is 2. The first-order valence-electron chi connectivity index (χ1n) is 10.1. The van der Waals surface area contributed by atoms with Crippen LogP contribution < -0.4 is 10.6 Å². The van der Waals surface area contributed by atoms with E-state index in [4.69, 9.17) is 0 Å². The van der Waals surface area contributed by atoms with Crippen LogP contribution in [0, 0.1) is 0 Å². The zero-order valence-electron chi connectivity index (χ0n) is 17.7. The van der Waals surface area contributed by atoms with E-state index >= 15 is 0 Å². The highest BCUT2D eigenvalue weighted by molar-refractivity contribution is 5.95. The molecule has 4 nitrogen and oxygen atoms in total. The molecule has 2 amide bonds. The largest absolute Gasteiger partial charge is 0.352 e. The lowest BCUT2D eigenvalue weighted by Gasteiger charge is -2.19. The van der Waals surface area contributed by atoms with Crippen LogP contribution in [0.15, 0.2) is 42.5 Å². The standard InChI is InChI=1S/C24H32N2O2/c1-6-17-9-8-10-18(7-2)22(17)26-21(27)15-16-25-23(28)19-11-13-20(14-12-19)24(3,4)5/h8-14H,6-7,15-16H2,1-5H3,(H,25,28)(H,26,27). The van der Waals surface area contributed by atoms with Gasteiger partial charge >= 0.3 is 0 Å². The Kier molecular flexibility index (Phi) is 7.38. The summed E-state index contributed by atoms with van der Waals surface area (Å²) < 4.78 is 0. The van der Waals surface area contributed by atoms with Crippen molar-refractivity contribution in [2.75, 3.05) is 11.9 Å². The van der Waals surface area contributed by atoms with Gasteiger partial charge in [0, 0.05) is 24.2 Å². The summed E-state index contributed by atoms with van der Waals surface area (Å²) in [5.74, 6) is -0.240. The molecule has 4 heteroatoms. The zero-order chi connectivity index (χ0) is 20.7. The lowest BCUT2D eigenvalue weighted by Crippen LogP contribution is -2.28. The SMILES string of the molecule is CCc1cccc(CC)c1NC(=O)CCNC(=O)c1ccc(C(C)(C)C)cc1. The lowest BCUT2D eigenvalue weighted by molar-refractivity contribution is -0.116. The van der Waals surface area contributed by atoms with Gasteiger partial charge in [0.25, 0.3) is 5.91 Å². The molecule has 0 aliphatic carbocycles. The molecule has 0 unspecified atom stereocenters. The van der Waals surface area contributed by atoms with Gasteiger partial charge in [-0.25, -0.2) is 0 Å². The molecule has 0 radical (unpaired) electrons.